The summed E-state index contributed by atoms with van der Waals surface area (Å²) in [6.07, 6.45) is 6.18. The van der Waals surface area contributed by atoms with Gasteiger partial charge in [0.2, 0.25) is 11.9 Å². The van der Waals surface area contributed by atoms with Gasteiger partial charge in [0.25, 0.3) is 0 Å². The molecule has 0 aliphatic carbocycles. The van der Waals surface area contributed by atoms with Crippen molar-refractivity contribution in [2.24, 2.45) is 0 Å². The van der Waals surface area contributed by atoms with Crippen LogP contribution >= 0.6 is 0 Å². The second-order valence-corrected chi connectivity index (χ2v) is 7.55. The molecule has 5 heterocycles. The molecule has 3 aromatic heterocycles. The molecule has 0 aromatic carbocycles. The average molecular weight is 440 g/mol. The van der Waals surface area contributed by atoms with Crippen molar-refractivity contribution in [3.05, 3.63) is 18.6 Å². The number of methoxy groups -OCH3 is 1. The second kappa shape index (κ2) is 9.01. The van der Waals surface area contributed by atoms with E-state index in [0.29, 0.717) is 43.6 Å². The Bertz CT molecular complexity index is 1090. The molecule has 0 spiro atoms. The molecule has 3 aromatic rings. The fourth-order valence-electron chi connectivity index (χ4n) is 3.89. The van der Waals surface area contributed by atoms with E-state index in [0.717, 1.165) is 37.0 Å². The average Bonchev–Trinajstić information content (AvgIpc) is 3.29. The molecule has 32 heavy (non-hydrogen) atoms. The summed E-state index contributed by atoms with van der Waals surface area (Å²) in [5, 5.41) is 7.94. The molecular formula is C20H24N8O4. The maximum atomic E-state index is 11.4. The van der Waals surface area contributed by atoms with Crippen molar-refractivity contribution < 1.29 is 19.0 Å². The predicted octanol–water partition coefficient (Wildman–Crippen LogP) is 1.65. The molecule has 0 atom stereocenters. The van der Waals surface area contributed by atoms with E-state index in [-0.39, 0.29) is 12.0 Å². The Balaban J connectivity index is 1.57. The molecule has 1 amide bonds. The number of ether oxygens (including phenoxy) is 3. The van der Waals surface area contributed by atoms with Gasteiger partial charge in [-0.3, -0.25) is 5.32 Å². The molecule has 2 fully saturated rings. The molecule has 12 nitrogen and oxygen atoms in total. The second-order valence-electron chi connectivity index (χ2n) is 7.55. The maximum Gasteiger partial charge on any atom is 0.413 e. The zero-order valence-corrected chi connectivity index (χ0v) is 17.7. The first-order chi connectivity index (χ1) is 15.7. The summed E-state index contributed by atoms with van der Waals surface area (Å²) < 4.78 is 17.6. The number of amides is 1. The van der Waals surface area contributed by atoms with Crippen molar-refractivity contribution >= 4 is 29.0 Å². The topological polar surface area (TPSA) is 129 Å². The van der Waals surface area contributed by atoms with Crippen LogP contribution in [0.4, 0.5) is 16.7 Å². The van der Waals surface area contributed by atoms with E-state index in [1.54, 1.807) is 18.6 Å². The third-order valence-electron chi connectivity index (χ3n) is 5.60. The summed E-state index contributed by atoms with van der Waals surface area (Å²) in [6.45, 7) is 4.12. The van der Waals surface area contributed by atoms with Gasteiger partial charge < -0.3 is 19.1 Å². The molecule has 1 N–H and O–H groups in total. The molecule has 2 aliphatic rings. The number of fused-ring (bicyclic) bond motifs is 1. The van der Waals surface area contributed by atoms with E-state index in [4.69, 9.17) is 19.4 Å². The Morgan fingerprint density at radius 2 is 1.78 bits per heavy atom. The first-order valence-electron chi connectivity index (χ1n) is 10.6. The zero-order valence-electron chi connectivity index (χ0n) is 17.7. The van der Waals surface area contributed by atoms with Crippen LogP contribution in [0.15, 0.2) is 18.6 Å². The molecule has 0 unspecified atom stereocenters. The number of anilines is 2. The number of nitrogens with one attached hydrogen (secondary N) is 1. The number of rotatable bonds is 4. The number of carbonyl (C=O) groups excluding carboxylic acids is 1. The predicted molar refractivity (Wildman–Crippen MR) is 114 cm³/mol. The summed E-state index contributed by atoms with van der Waals surface area (Å²) in [7, 11) is 1.28. The molecule has 168 valence electrons. The van der Waals surface area contributed by atoms with Crippen LogP contribution in [0.5, 0.6) is 0 Å². The smallest absolute Gasteiger partial charge is 0.413 e. The Morgan fingerprint density at radius 1 is 1.06 bits per heavy atom. The highest BCUT2D eigenvalue weighted by atomic mass is 16.5. The van der Waals surface area contributed by atoms with Gasteiger partial charge >= 0.3 is 6.09 Å². The third kappa shape index (κ3) is 4.06. The van der Waals surface area contributed by atoms with Gasteiger partial charge in [-0.1, -0.05) is 0 Å². The van der Waals surface area contributed by atoms with Gasteiger partial charge in [-0.2, -0.15) is 10.1 Å². The minimum atomic E-state index is -0.630. The van der Waals surface area contributed by atoms with Crippen LogP contribution in [0.2, 0.25) is 0 Å². The van der Waals surface area contributed by atoms with Crippen LogP contribution in [-0.2, 0) is 14.2 Å². The lowest BCUT2D eigenvalue weighted by atomic mass is 10.1. The Morgan fingerprint density at radius 3 is 2.50 bits per heavy atom. The van der Waals surface area contributed by atoms with Crippen LogP contribution in [0, 0.1) is 0 Å². The first-order valence-corrected chi connectivity index (χ1v) is 10.6. The van der Waals surface area contributed by atoms with Crippen LogP contribution in [0.25, 0.3) is 22.3 Å². The van der Waals surface area contributed by atoms with Gasteiger partial charge in [-0.05, 0) is 12.8 Å². The molecule has 5 rings (SSSR count). The van der Waals surface area contributed by atoms with E-state index < -0.39 is 6.09 Å². The van der Waals surface area contributed by atoms with Crippen LogP contribution in [0.1, 0.15) is 18.9 Å². The minimum absolute atomic E-state index is 0.150. The van der Waals surface area contributed by atoms with Gasteiger partial charge in [-0.25, -0.2) is 24.4 Å². The van der Waals surface area contributed by atoms with Crippen molar-refractivity contribution in [2.75, 3.05) is 56.8 Å². The maximum absolute atomic E-state index is 11.4. The Kier molecular flexibility index (Phi) is 5.77. The number of carbonyl (C=O) groups is 1. The van der Waals surface area contributed by atoms with Crippen LogP contribution < -0.4 is 10.2 Å². The lowest BCUT2D eigenvalue weighted by molar-refractivity contribution is 0.0673. The lowest BCUT2D eigenvalue weighted by Gasteiger charge is -2.27. The summed E-state index contributed by atoms with van der Waals surface area (Å²) in [6, 6.07) is 0.226. The Labute approximate surface area is 183 Å². The number of hydrogen-bond acceptors (Lipinski definition) is 10. The van der Waals surface area contributed by atoms with Crippen molar-refractivity contribution in [1.29, 1.82) is 0 Å². The fourth-order valence-corrected chi connectivity index (χ4v) is 3.89. The summed E-state index contributed by atoms with van der Waals surface area (Å²) >= 11 is 0. The standard InChI is InChI=1S/C20H24N8O4/c1-30-20(29)26-18-21-10-13(11-22-18)16-15-12-23-28(14-2-6-31-7-3-14)17(15)25-19(24-16)27-4-8-32-9-5-27/h10-12,14H,2-9H2,1H3,(H,21,22,26,29). The van der Waals surface area contributed by atoms with Crippen molar-refractivity contribution in [1.82, 2.24) is 29.7 Å². The monoisotopic (exact) mass is 440 g/mol. The van der Waals surface area contributed by atoms with E-state index >= 15 is 0 Å². The van der Waals surface area contributed by atoms with Gasteiger partial charge in [0.05, 0.1) is 43.6 Å². The normalized spacial score (nSPS) is 17.5. The van der Waals surface area contributed by atoms with Gasteiger partial charge in [0.1, 0.15) is 0 Å². The SMILES string of the molecule is COC(=O)Nc1ncc(-c2nc(N3CCOCC3)nc3c2cnn3C2CCOCC2)cn1. The van der Waals surface area contributed by atoms with Gasteiger partial charge in [-0.15, -0.1) is 0 Å². The molecule has 2 aliphatic heterocycles. The highest BCUT2D eigenvalue weighted by Crippen LogP contribution is 2.31. The van der Waals surface area contributed by atoms with Crippen molar-refractivity contribution in [2.45, 2.75) is 18.9 Å². The molecular weight excluding hydrogens is 416 g/mol. The van der Waals surface area contributed by atoms with E-state index in [2.05, 4.69) is 30.0 Å². The van der Waals surface area contributed by atoms with E-state index in [1.807, 2.05) is 4.68 Å². The minimum Gasteiger partial charge on any atom is -0.453 e. The molecule has 0 bridgehead atoms. The number of aromatic nitrogens is 6. The molecule has 0 radical (unpaired) electrons. The lowest BCUT2D eigenvalue weighted by Crippen LogP contribution is -2.37. The fraction of sp³-hybridized carbons (Fsp3) is 0.500. The molecule has 2 saturated heterocycles. The van der Waals surface area contributed by atoms with Crippen molar-refractivity contribution in [3.8, 4) is 11.3 Å². The number of morpholine rings is 1. The molecule has 12 heteroatoms. The van der Waals surface area contributed by atoms with Gasteiger partial charge in [0, 0.05) is 44.3 Å². The van der Waals surface area contributed by atoms with Crippen LogP contribution in [-0.4, -0.2) is 82.4 Å². The molecule has 0 saturated carbocycles. The van der Waals surface area contributed by atoms with Crippen molar-refractivity contribution in [3.63, 3.8) is 0 Å². The van der Waals surface area contributed by atoms with E-state index in [1.165, 1.54) is 7.11 Å². The zero-order chi connectivity index (χ0) is 21.9. The van der Waals surface area contributed by atoms with Crippen LogP contribution in [0.3, 0.4) is 0 Å². The third-order valence-corrected chi connectivity index (χ3v) is 5.60. The van der Waals surface area contributed by atoms with Gasteiger partial charge in [0.15, 0.2) is 5.65 Å². The Hall–Kier alpha value is -3.38. The largest absolute Gasteiger partial charge is 0.453 e. The summed E-state index contributed by atoms with van der Waals surface area (Å²) in [5.41, 5.74) is 2.17. The first kappa shape index (κ1) is 20.5. The van der Waals surface area contributed by atoms with E-state index in [9.17, 15) is 4.79 Å². The quantitative estimate of drug-likeness (QED) is 0.639. The number of nitrogens with zero attached hydrogens (tertiary/aromatic N) is 7. The highest BCUT2D eigenvalue weighted by Gasteiger charge is 2.24. The summed E-state index contributed by atoms with van der Waals surface area (Å²) in [5.74, 6) is 0.776. The highest BCUT2D eigenvalue weighted by molar-refractivity contribution is 5.91. The number of hydrogen-bond donors (Lipinski definition) is 1. The summed E-state index contributed by atoms with van der Waals surface area (Å²) in [4.78, 5) is 31.7.